The van der Waals surface area contributed by atoms with Crippen LogP contribution in [0, 0.1) is 0 Å². The van der Waals surface area contributed by atoms with Gasteiger partial charge in [-0.05, 0) is 36.5 Å². The van der Waals surface area contributed by atoms with Gasteiger partial charge in [-0.3, -0.25) is 4.79 Å². The number of amides is 1. The highest BCUT2D eigenvalue weighted by atomic mass is 16.3. The molecule has 1 aliphatic rings. The first-order chi connectivity index (χ1) is 9.00. The molecule has 1 aliphatic carbocycles. The molecule has 0 heterocycles. The highest BCUT2D eigenvalue weighted by Gasteiger charge is 2.31. The lowest BCUT2D eigenvalue weighted by atomic mass is 10.0. The van der Waals surface area contributed by atoms with E-state index in [2.05, 4.69) is 19.2 Å². The lowest BCUT2D eigenvalue weighted by molar-refractivity contribution is 0.0449. The largest absolute Gasteiger partial charge is 0.388 e. The van der Waals surface area contributed by atoms with Crippen LogP contribution < -0.4 is 5.32 Å². The highest BCUT2D eigenvalue weighted by molar-refractivity contribution is 5.94. The molecule has 3 heteroatoms. The molecule has 0 aromatic heterocycles. The molecule has 0 saturated heterocycles. The highest BCUT2D eigenvalue weighted by Crippen LogP contribution is 2.28. The van der Waals surface area contributed by atoms with E-state index in [0.29, 0.717) is 18.0 Å². The van der Waals surface area contributed by atoms with E-state index < -0.39 is 5.60 Å². The number of nitrogens with one attached hydrogen (secondary N) is 1. The molecular weight excluding hydrogens is 238 g/mol. The summed E-state index contributed by atoms with van der Waals surface area (Å²) in [5, 5.41) is 13.0. The zero-order valence-electron chi connectivity index (χ0n) is 11.8. The summed E-state index contributed by atoms with van der Waals surface area (Å²) >= 11 is 0. The van der Waals surface area contributed by atoms with Crippen LogP contribution in [-0.2, 0) is 0 Å². The van der Waals surface area contributed by atoms with Gasteiger partial charge in [0, 0.05) is 12.1 Å². The SMILES string of the molecule is CC(C)c1ccc(C(=O)NCC2(O)CCCC2)cc1. The van der Waals surface area contributed by atoms with Gasteiger partial charge in [-0.15, -0.1) is 0 Å². The van der Waals surface area contributed by atoms with Crippen molar-refractivity contribution in [2.75, 3.05) is 6.54 Å². The maximum absolute atomic E-state index is 12.0. The first-order valence-electron chi connectivity index (χ1n) is 7.11. The van der Waals surface area contributed by atoms with Crippen molar-refractivity contribution in [2.24, 2.45) is 0 Å². The summed E-state index contributed by atoms with van der Waals surface area (Å²) in [4.78, 5) is 12.0. The van der Waals surface area contributed by atoms with E-state index in [-0.39, 0.29) is 5.91 Å². The van der Waals surface area contributed by atoms with Gasteiger partial charge in [0.05, 0.1) is 5.60 Å². The quantitative estimate of drug-likeness (QED) is 0.875. The molecule has 1 fully saturated rings. The van der Waals surface area contributed by atoms with Crippen molar-refractivity contribution < 1.29 is 9.90 Å². The minimum atomic E-state index is -0.687. The standard InChI is InChI=1S/C16H23NO2/c1-12(2)13-5-7-14(8-6-13)15(18)17-11-16(19)9-3-4-10-16/h5-8,12,19H,3-4,9-11H2,1-2H3,(H,17,18). The Morgan fingerprint density at radius 1 is 1.26 bits per heavy atom. The molecule has 104 valence electrons. The van der Waals surface area contributed by atoms with Crippen molar-refractivity contribution in [2.45, 2.75) is 51.0 Å². The van der Waals surface area contributed by atoms with Crippen LogP contribution in [0.4, 0.5) is 0 Å². The van der Waals surface area contributed by atoms with Crippen LogP contribution in [0.1, 0.15) is 61.4 Å². The zero-order chi connectivity index (χ0) is 13.9. The Bertz CT molecular complexity index is 431. The van der Waals surface area contributed by atoms with Gasteiger partial charge < -0.3 is 10.4 Å². The van der Waals surface area contributed by atoms with Crippen molar-refractivity contribution in [3.05, 3.63) is 35.4 Å². The summed E-state index contributed by atoms with van der Waals surface area (Å²) in [6.07, 6.45) is 3.68. The van der Waals surface area contributed by atoms with Gasteiger partial charge >= 0.3 is 0 Å². The minimum Gasteiger partial charge on any atom is -0.388 e. The Morgan fingerprint density at radius 3 is 2.37 bits per heavy atom. The summed E-state index contributed by atoms with van der Waals surface area (Å²) in [5.74, 6) is 0.368. The van der Waals surface area contributed by atoms with E-state index in [0.717, 1.165) is 25.7 Å². The molecular formula is C16H23NO2. The molecule has 1 saturated carbocycles. The number of rotatable bonds is 4. The second kappa shape index (κ2) is 5.74. The third kappa shape index (κ3) is 3.57. The van der Waals surface area contributed by atoms with Crippen molar-refractivity contribution in [1.82, 2.24) is 5.32 Å². The fraction of sp³-hybridized carbons (Fsp3) is 0.562. The second-order valence-electron chi connectivity index (χ2n) is 5.89. The number of carbonyl (C=O) groups excluding carboxylic acids is 1. The first-order valence-corrected chi connectivity index (χ1v) is 7.11. The summed E-state index contributed by atoms with van der Waals surface area (Å²) in [5.41, 5.74) is 1.20. The maximum atomic E-state index is 12.0. The van der Waals surface area contributed by atoms with Crippen molar-refractivity contribution in [3.63, 3.8) is 0 Å². The van der Waals surface area contributed by atoms with Gasteiger partial charge in [0.1, 0.15) is 0 Å². The van der Waals surface area contributed by atoms with Crippen LogP contribution >= 0.6 is 0 Å². The van der Waals surface area contributed by atoms with Gasteiger partial charge in [-0.1, -0.05) is 38.8 Å². The van der Waals surface area contributed by atoms with E-state index >= 15 is 0 Å². The van der Waals surface area contributed by atoms with Crippen molar-refractivity contribution in [1.29, 1.82) is 0 Å². The predicted octanol–water partition coefficient (Wildman–Crippen LogP) is 2.84. The molecule has 0 bridgehead atoms. The topological polar surface area (TPSA) is 49.3 Å². The molecule has 3 nitrogen and oxygen atoms in total. The fourth-order valence-electron chi connectivity index (χ4n) is 2.58. The van der Waals surface area contributed by atoms with E-state index in [1.54, 1.807) is 0 Å². The van der Waals surface area contributed by atoms with Gasteiger partial charge in [-0.25, -0.2) is 0 Å². The molecule has 1 aromatic rings. The van der Waals surface area contributed by atoms with Crippen LogP contribution in [0.3, 0.4) is 0 Å². The molecule has 0 unspecified atom stereocenters. The summed E-state index contributed by atoms with van der Waals surface area (Å²) < 4.78 is 0. The predicted molar refractivity (Wildman–Crippen MR) is 76.3 cm³/mol. The molecule has 0 atom stereocenters. The maximum Gasteiger partial charge on any atom is 0.251 e. The Hall–Kier alpha value is -1.35. The van der Waals surface area contributed by atoms with E-state index in [1.165, 1.54) is 5.56 Å². The lowest BCUT2D eigenvalue weighted by Gasteiger charge is -2.22. The Morgan fingerprint density at radius 2 is 1.84 bits per heavy atom. The van der Waals surface area contributed by atoms with Crippen LogP contribution in [0.2, 0.25) is 0 Å². The third-order valence-electron chi connectivity index (χ3n) is 3.95. The monoisotopic (exact) mass is 261 g/mol. The molecule has 19 heavy (non-hydrogen) atoms. The summed E-state index contributed by atoms with van der Waals surface area (Å²) in [6, 6.07) is 7.68. The normalized spacial score (nSPS) is 17.7. The lowest BCUT2D eigenvalue weighted by Crippen LogP contribution is -2.40. The van der Waals surface area contributed by atoms with Crippen LogP contribution in [-0.4, -0.2) is 23.2 Å². The van der Waals surface area contributed by atoms with Crippen molar-refractivity contribution >= 4 is 5.91 Å². The van der Waals surface area contributed by atoms with Gasteiger partial charge in [0.2, 0.25) is 0 Å². The molecule has 1 amide bonds. The number of benzene rings is 1. The average Bonchev–Trinajstić information content (AvgIpc) is 2.83. The number of aliphatic hydroxyl groups is 1. The van der Waals surface area contributed by atoms with Crippen LogP contribution in [0.15, 0.2) is 24.3 Å². The Labute approximate surface area is 115 Å². The third-order valence-corrected chi connectivity index (χ3v) is 3.95. The molecule has 1 aromatic carbocycles. The number of hydrogen-bond donors (Lipinski definition) is 2. The van der Waals surface area contributed by atoms with E-state index in [4.69, 9.17) is 0 Å². The van der Waals surface area contributed by atoms with Crippen molar-refractivity contribution in [3.8, 4) is 0 Å². The molecule has 2 rings (SSSR count). The fourth-order valence-corrected chi connectivity index (χ4v) is 2.58. The second-order valence-corrected chi connectivity index (χ2v) is 5.89. The number of carbonyl (C=O) groups is 1. The molecule has 2 N–H and O–H groups in total. The van der Waals surface area contributed by atoms with Gasteiger partial charge in [0.25, 0.3) is 5.91 Å². The van der Waals surface area contributed by atoms with Crippen LogP contribution in [0.5, 0.6) is 0 Å². The molecule has 0 radical (unpaired) electrons. The first kappa shape index (κ1) is 14.1. The van der Waals surface area contributed by atoms with E-state index in [1.807, 2.05) is 24.3 Å². The molecule has 0 aliphatic heterocycles. The number of hydrogen-bond acceptors (Lipinski definition) is 2. The minimum absolute atomic E-state index is 0.101. The smallest absolute Gasteiger partial charge is 0.251 e. The Balaban J connectivity index is 1.92. The van der Waals surface area contributed by atoms with Crippen LogP contribution in [0.25, 0.3) is 0 Å². The molecule has 0 spiro atoms. The average molecular weight is 261 g/mol. The summed E-state index contributed by atoms with van der Waals surface area (Å²) in [6.45, 7) is 4.62. The zero-order valence-corrected chi connectivity index (χ0v) is 11.8. The van der Waals surface area contributed by atoms with Gasteiger partial charge in [0.15, 0.2) is 0 Å². The summed E-state index contributed by atoms with van der Waals surface area (Å²) in [7, 11) is 0. The van der Waals surface area contributed by atoms with Gasteiger partial charge in [-0.2, -0.15) is 0 Å². The Kier molecular flexibility index (Phi) is 4.25. The van der Waals surface area contributed by atoms with E-state index in [9.17, 15) is 9.90 Å².